The Bertz CT molecular complexity index is 1220. The predicted molar refractivity (Wildman–Crippen MR) is 117 cm³/mol. The van der Waals surface area contributed by atoms with Gasteiger partial charge >= 0.3 is 5.97 Å². The van der Waals surface area contributed by atoms with Crippen LogP contribution in [0.15, 0.2) is 53.4 Å². The van der Waals surface area contributed by atoms with E-state index in [1.54, 1.807) is 6.92 Å². The number of nitrogens with one attached hydrogen (secondary N) is 1. The van der Waals surface area contributed by atoms with Crippen molar-refractivity contribution in [2.45, 2.75) is 31.1 Å². The third-order valence-corrected chi connectivity index (χ3v) is 7.46. The highest BCUT2D eigenvalue weighted by Gasteiger charge is 2.26. The lowest BCUT2D eigenvalue weighted by Crippen LogP contribution is -2.35. The molecule has 0 atom stereocenters. The summed E-state index contributed by atoms with van der Waals surface area (Å²) < 4.78 is 32.1. The lowest BCUT2D eigenvalue weighted by atomic mass is 10.1. The summed E-state index contributed by atoms with van der Waals surface area (Å²) in [4.78, 5) is 28.3. The van der Waals surface area contributed by atoms with Crippen molar-refractivity contribution < 1.29 is 22.7 Å². The standard InChI is InChI=1S/C23H24N2O5S/c1-16-22(19-7-3-4-8-20(19)24-16)21(26)15-30-23(27)17-9-11-18(12-10-17)31(28,29)25-13-5-2-6-14-25/h3-4,7-12,24H,2,5-6,13-15H2,1H3. The molecule has 1 aliphatic rings. The monoisotopic (exact) mass is 440 g/mol. The van der Waals surface area contributed by atoms with Gasteiger partial charge in [0.25, 0.3) is 0 Å². The van der Waals surface area contributed by atoms with Crippen molar-refractivity contribution in [3.8, 4) is 0 Å². The van der Waals surface area contributed by atoms with E-state index in [2.05, 4.69) is 4.98 Å². The van der Waals surface area contributed by atoms with Crippen LogP contribution in [0.3, 0.4) is 0 Å². The quantitative estimate of drug-likeness (QED) is 0.466. The molecule has 0 radical (unpaired) electrons. The number of H-pyrrole nitrogens is 1. The third kappa shape index (κ3) is 4.26. The molecule has 1 N–H and O–H groups in total. The van der Waals surface area contributed by atoms with E-state index in [1.165, 1.54) is 28.6 Å². The second-order valence-corrected chi connectivity index (χ2v) is 9.60. The number of ketones is 1. The molecule has 1 aliphatic heterocycles. The van der Waals surface area contributed by atoms with Crippen molar-refractivity contribution in [2.75, 3.05) is 19.7 Å². The van der Waals surface area contributed by atoms with Crippen molar-refractivity contribution in [1.82, 2.24) is 9.29 Å². The van der Waals surface area contributed by atoms with Crippen molar-refractivity contribution in [3.63, 3.8) is 0 Å². The number of hydrogen-bond donors (Lipinski definition) is 1. The number of para-hydroxylation sites is 1. The first-order chi connectivity index (χ1) is 14.9. The normalized spacial score (nSPS) is 15.1. The number of sulfonamides is 1. The highest BCUT2D eigenvalue weighted by atomic mass is 32.2. The Hall–Kier alpha value is -2.97. The second kappa shape index (κ2) is 8.64. The number of rotatable bonds is 6. The van der Waals surface area contributed by atoms with Crippen LogP contribution in [0.1, 0.15) is 45.7 Å². The Balaban J connectivity index is 1.43. The topological polar surface area (TPSA) is 96.5 Å². The molecule has 2 heterocycles. The molecule has 1 fully saturated rings. The van der Waals surface area contributed by atoms with Crippen LogP contribution in [0, 0.1) is 6.92 Å². The maximum absolute atomic E-state index is 12.7. The third-order valence-electron chi connectivity index (χ3n) is 5.55. The van der Waals surface area contributed by atoms with Gasteiger partial charge in [-0.15, -0.1) is 0 Å². The van der Waals surface area contributed by atoms with Gasteiger partial charge in [-0.2, -0.15) is 4.31 Å². The Morgan fingerprint density at radius 2 is 1.68 bits per heavy atom. The van der Waals surface area contributed by atoms with Crippen LogP contribution in [0.5, 0.6) is 0 Å². The number of nitrogens with zero attached hydrogens (tertiary/aromatic N) is 1. The number of aromatic amines is 1. The number of fused-ring (bicyclic) bond motifs is 1. The average molecular weight is 441 g/mol. The summed E-state index contributed by atoms with van der Waals surface area (Å²) in [6.45, 7) is 2.44. The summed E-state index contributed by atoms with van der Waals surface area (Å²) in [5.41, 5.74) is 2.27. The van der Waals surface area contributed by atoms with Gasteiger partial charge in [0.05, 0.1) is 10.5 Å². The van der Waals surface area contributed by atoms with E-state index in [-0.39, 0.29) is 16.2 Å². The summed E-state index contributed by atoms with van der Waals surface area (Å²) in [6, 6.07) is 13.1. The molecule has 7 nitrogen and oxygen atoms in total. The molecule has 0 unspecified atom stereocenters. The Morgan fingerprint density at radius 1 is 1.00 bits per heavy atom. The van der Waals surface area contributed by atoms with Crippen LogP contribution < -0.4 is 0 Å². The molecule has 162 valence electrons. The number of Topliss-reactive ketones (excluding diaryl/α,β-unsaturated/α-hetero) is 1. The minimum Gasteiger partial charge on any atom is -0.454 e. The van der Waals surface area contributed by atoms with Crippen LogP contribution in [0.25, 0.3) is 10.9 Å². The molecule has 4 rings (SSSR count). The number of piperidine rings is 1. The number of aryl methyl sites for hydroxylation is 1. The summed E-state index contributed by atoms with van der Waals surface area (Å²) in [7, 11) is -3.56. The molecule has 31 heavy (non-hydrogen) atoms. The number of carbonyl (C=O) groups is 2. The molecule has 1 aromatic heterocycles. The summed E-state index contributed by atoms with van der Waals surface area (Å²) in [5, 5.41) is 0.785. The smallest absolute Gasteiger partial charge is 0.338 e. The molecule has 3 aromatic rings. The second-order valence-electron chi connectivity index (χ2n) is 7.66. The van der Waals surface area contributed by atoms with Crippen molar-refractivity contribution in [3.05, 3.63) is 65.4 Å². The van der Waals surface area contributed by atoms with Gasteiger partial charge in [-0.25, -0.2) is 13.2 Å². The molecule has 8 heteroatoms. The SMILES string of the molecule is Cc1[nH]c2ccccc2c1C(=O)COC(=O)c1ccc(S(=O)(=O)N2CCCCC2)cc1. The molecule has 0 amide bonds. The number of benzene rings is 2. The number of esters is 1. The number of carbonyl (C=O) groups excluding carboxylic acids is 2. The van der Waals surface area contributed by atoms with E-state index in [0.717, 1.165) is 35.9 Å². The van der Waals surface area contributed by atoms with Gasteiger partial charge in [0.15, 0.2) is 6.61 Å². The van der Waals surface area contributed by atoms with Gasteiger partial charge in [-0.1, -0.05) is 24.6 Å². The van der Waals surface area contributed by atoms with Gasteiger partial charge < -0.3 is 9.72 Å². The molecule has 0 spiro atoms. The minimum atomic E-state index is -3.56. The van der Waals surface area contributed by atoms with E-state index >= 15 is 0 Å². The van der Waals surface area contributed by atoms with Crippen LogP contribution in [0.4, 0.5) is 0 Å². The Labute approximate surface area is 181 Å². The summed E-state index contributed by atoms with van der Waals surface area (Å²) >= 11 is 0. The van der Waals surface area contributed by atoms with E-state index in [0.29, 0.717) is 18.7 Å². The predicted octanol–water partition coefficient (Wildman–Crippen LogP) is 3.69. The molecular weight excluding hydrogens is 416 g/mol. The van der Waals surface area contributed by atoms with Gasteiger partial charge in [0, 0.05) is 35.2 Å². The van der Waals surface area contributed by atoms with Gasteiger partial charge in [-0.3, -0.25) is 4.79 Å². The Morgan fingerprint density at radius 3 is 2.39 bits per heavy atom. The van der Waals surface area contributed by atoms with Crippen molar-refractivity contribution >= 4 is 32.7 Å². The van der Waals surface area contributed by atoms with Crippen LogP contribution >= 0.6 is 0 Å². The zero-order valence-corrected chi connectivity index (χ0v) is 18.1. The van der Waals surface area contributed by atoms with Gasteiger partial charge in [0.1, 0.15) is 0 Å². The maximum Gasteiger partial charge on any atom is 0.338 e. The molecule has 0 bridgehead atoms. The largest absolute Gasteiger partial charge is 0.454 e. The van der Waals surface area contributed by atoms with Crippen LogP contribution in [-0.4, -0.2) is 49.2 Å². The van der Waals surface area contributed by atoms with Gasteiger partial charge in [0.2, 0.25) is 15.8 Å². The zero-order valence-electron chi connectivity index (χ0n) is 17.3. The first-order valence-corrected chi connectivity index (χ1v) is 11.7. The fraction of sp³-hybridized carbons (Fsp3) is 0.304. The zero-order chi connectivity index (χ0) is 22.0. The summed E-state index contributed by atoms with van der Waals surface area (Å²) in [5.74, 6) is -0.972. The van der Waals surface area contributed by atoms with E-state index in [9.17, 15) is 18.0 Å². The van der Waals surface area contributed by atoms with Crippen molar-refractivity contribution in [2.24, 2.45) is 0 Å². The van der Waals surface area contributed by atoms with Crippen LogP contribution in [-0.2, 0) is 14.8 Å². The van der Waals surface area contributed by atoms with Crippen molar-refractivity contribution in [1.29, 1.82) is 0 Å². The summed E-state index contributed by atoms with van der Waals surface area (Å²) in [6.07, 6.45) is 2.74. The molecule has 1 saturated heterocycles. The molecular formula is C23H24N2O5S. The fourth-order valence-corrected chi connectivity index (χ4v) is 5.46. The molecule has 0 aliphatic carbocycles. The molecule has 2 aromatic carbocycles. The lowest BCUT2D eigenvalue weighted by Gasteiger charge is -2.25. The highest BCUT2D eigenvalue weighted by molar-refractivity contribution is 7.89. The van der Waals surface area contributed by atoms with E-state index in [1.807, 2.05) is 24.3 Å². The van der Waals surface area contributed by atoms with E-state index < -0.39 is 22.6 Å². The first kappa shape index (κ1) is 21.3. The Kier molecular flexibility index (Phi) is 5.93. The number of aromatic nitrogens is 1. The van der Waals surface area contributed by atoms with Gasteiger partial charge in [-0.05, 0) is 50.1 Å². The van der Waals surface area contributed by atoms with Crippen LogP contribution in [0.2, 0.25) is 0 Å². The molecule has 0 saturated carbocycles. The maximum atomic E-state index is 12.7. The average Bonchev–Trinajstić information content (AvgIpc) is 3.13. The lowest BCUT2D eigenvalue weighted by molar-refractivity contribution is 0.0475. The first-order valence-electron chi connectivity index (χ1n) is 10.3. The minimum absolute atomic E-state index is 0.149. The fourth-order valence-electron chi connectivity index (χ4n) is 3.94. The van der Waals surface area contributed by atoms with E-state index in [4.69, 9.17) is 4.74 Å². The highest BCUT2D eigenvalue weighted by Crippen LogP contribution is 2.23. The number of hydrogen-bond acceptors (Lipinski definition) is 5. The number of ether oxygens (including phenoxy) is 1.